The Kier molecular flexibility index (Phi) is 6.28. The zero-order valence-electron chi connectivity index (χ0n) is 21.2. The monoisotopic (exact) mass is 588 g/mol. The number of imidazole rings is 1. The van der Waals surface area contributed by atoms with Gasteiger partial charge >= 0.3 is 0 Å². The third-order valence-electron chi connectivity index (χ3n) is 6.93. The van der Waals surface area contributed by atoms with Gasteiger partial charge in [0.25, 0.3) is 11.8 Å². The van der Waals surface area contributed by atoms with E-state index in [1.165, 1.54) is 28.4 Å². The van der Waals surface area contributed by atoms with Gasteiger partial charge in [0.15, 0.2) is 16.5 Å². The summed E-state index contributed by atoms with van der Waals surface area (Å²) in [6.07, 6.45) is 1.40. The first-order valence-corrected chi connectivity index (χ1v) is 13.8. The largest absolute Gasteiger partial charge is 0.474 e. The fourth-order valence-corrected chi connectivity index (χ4v) is 6.03. The lowest BCUT2D eigenvalue weighted by Crippen LogP contribution is -2.49. The number of pyridine rings is 1. The number of amides is 2. The lowest BCUT2D eigenvalue weighted by molar-refractivity contribution is -0.143. The van der Waals surface area contributed by atoms with Crippen LogP contribution in [0.3, 0.4) is 0 Å². The van der Waals surface area contributed by atoms with E-state index in [9.17, 15) is 9.59 Å². The van der Waals surface area contributed by atoms with Gasteiger partial charge in [-0.2, -0.15) is 5.10 Å². The van der Waals surface area contributed by atoms with Gasteiger partial charge in [-0.15, -0.1) is 0 Å². The molecule has 13 heteroatoms. The fraction of sp³-hybridized carbons (Fsp3) is 0.346. The first-order valence-electron chi connectivity index (χ1n) is 12.3. The number of hydrogen-bond acceptors (Lipinski definition) is 7. The summed E-state index contributed by atoms with van der Waals surface area (Å²) in [5, 5.41) is 5.64. The molecule has 39 heavy (non-hydrogen) atoms. The molecule has 1 aliphatic heterocycles. The Morgan fingerprint density at radius 1 is 1.18 bits per heavy atom. The molecule has 1 atom stereocenters. The van der Waals surface area contributed by atoms with Crippen molar-refractivity contribution in [3.63, 3.8) is 0 Å². The average Bonchev–Trinajstić information content (AvgIpc) is 3.47. The maximum atomic E-state index is 15.4. The molecule has 0 spiro atoms. The molecule has 202 valence electrons. The molecule has 1 fully saturated rings. The van der Waals surface area contributed by atoms with Crippen LogP contribution < -0.4 is 4.74 Å². The Balaban J connectivity index is 1.38. The molecule has 6 rings (SSSR count). The van der Waals surface area contributed by atoms with Gasteiger partial charge in [-0.3, -0.25) is 9.59 Å². The second-order valence-electron chi connectivity index (χ2n) is 9.86. The maximum absolute atomic E-state index is 15.4. The van der Waals surface area contributed by atoms with E-state index >= 15 is 4.39 Å². The van der Waals surface area contributed by atoms with E-state index < -0.39 is 17.5 Å². The summed E-state index contributed by atoms with van der Waals surface area (Å²) in [7, 11) is 3.23. The molecule has 0 saturated heterocycles. The average molecular weight is 589 g/mol. The van der Waals surface area contributed by atoms with Crippen molar-refractivity contribution >= 4 is 51.3 Å². The summed E-state index contributed by atoms with van der Waals surface area (Å²) in [5.74, 6) is -0.924. The Bertz CT molecular complexity index is 1650. The van der Waals surface area contributed by atoms with Crippen molar-refractivity contribution in [2.45, 2.75) is 37.8 Å². The SMILES string of the molecule is Cc1nn2c3c(nc2s1)CCN(C(=O)C1(Oc2ccc(C(=O)N(C)C)nc2Cl)CC1)C3c1ccc(Cl)cc1F. The number of rotatable bonds is 5. The van der Waals surface area contributed by atoms with Crippen LogP contribution >= 0.6 is 34.5 Å². The minimum absolute atomic E-state index is 0.0153. The third kappa shape index (κ3) is 4.42. The summed E-state index contributed by atoms with van der Waals surface area (Å²) in [6, 6.07) is 6.71. The predicted octanol–water partition coefficient (Wildman–Crippen LogP) is 4.73. The minimum Gasteiger partial charge on any atom is -0.474 e. The Morgan fingerprint density at radius 2 is 1.95 bits per heavy atom. The Hall–Kier alpha value is -3.28. The molecule has 1 aliphatic carbocycles. The van der Waals surface area contributed by atoms with Crippen molar-refractivity contribution in [1.29, 1.82) is 0 Å². The summed E-state index contributed by atoms with van der Waals surface area (Å²) in [5.41, 5.74) is 0.703. The summed E-state index contributed by atoms with van der Waals surface area (Å²) < 4.78 is 23.3. The molecule has 1 saturated carbocycles. The zero-order chi connectivity index (χ0) is 27.6. The van der Waals surface area contributed by atoms with E-state index in [0.717, 1.165) is 10.7 Å². The van der Waals surface area contributed by atoms with Crippen LogP contribution in [0.2, 0.25) is 10.2 Å². The highest BCUT2D eigenvalue weighted by atomic mass is 35.5. The van der Waals surface area contributed by atoms with Gasteiger partial charge in [-0.1, -0.05) is 40.6 Å². The lowest BCUT2D eigenvalue weighted by Gasteiger charge is -2.37. The fourth-order valence-electron chi connectivity index (χ4n) is 4.91. The van der Waals surface area contributed by atoms with E-state index in [1.54, 1.807) is 41.7 Å². The molecule has 4 aromatic rings. The molecule has 3 aromatic heterocycles. The van der Waals surface area contributed by atoms with Crippen molar-refractivity contribution in [2.75, 3.05) is 20.6 Å². The van der Waals surface area contributed by atoms with Gasteiger partial charge in [0.2, 0.25) is 4.96 Å². The number of halogens is 3. The number of nitrogens with zero attached hydrogens (tertiary/aromatic N) is 6. The van der Waals surface area contributed by atoms with Crippen molar-refractivity contribution in [3.05, 3.63) is 74.0 Å². The highest BCUT2D eigenvalue weighted by Crippen LogP contribution is 2.47. The number of carbonyl (C=O) groups is 2. The molecule has 9 nitrogen and oxygen atoms in total. The molecule has 0 bridgehead atoms. The Labute approximate surface area is 237 Å². The minimum atomic E-state index is -1.18. The van der Waals surface area contributed by atoms with Crippen molar-refractivity contribution < 1.29 is 18.7 Å². The first-order chi connectivity index (χ1) is 18.6. The van der Waals surface area contributed by atoms with Gasteiger partial charge < -0.3 is 14.5 Å². The number of benzene rings is 1. The van der Waals surface area contributed by atoms with Gasteiger partial charge in [-0.25, -0.2) is 18.9 Å². The van der Waals surface area contributed by atoms with Crippen molar-refractivity contribution in [3.8, 4) is 5.75 Å². The summed E-state index contributed by atoms with van der Waals surface area (Å²) in [6.45, 7) is 2.19. The topological polar surface area (TPSA) is 92.9 Å². The molecule has 2 amide bonds. The lowest BCUT2D eigenvalue weighted by atomic mass is 9.94. The molecule has 0 N–H and O–H groups in total. The number of aromatic nitrogens is 4. The van der Waals surface area contributed by atoms with E-state index in [2.05, 4.69) is 10.1 Å². The number of hydrogen-bond donors (Lipinski definition) is 0. The molecule has 4 heterocycles. The van der Waals surface area contributed by atoms with Gasteiger partial charge in [0.1, 0.15) is 22.6 Å². The third-order valence-corrected chi connectivity index (χ3v) is 8.26. The normalized spacial score (nSPS) is 17.7. The molecular formula is C26H23Cl2FN6O3S. The van der Waals surface area contributed by atoms with Crippen LogP contribution in [0.25, 0.3) is 4.96 Å². The van der Waals surface area contributed by atoms with Crippen LogP contribution in [-0.4, -0.2) is 67.4 Å². The highest BCUT2D eigenvalue weighted by Gasteiger charge is 2.57. The van der Waals surface area contributed by atoms with E-state index in [1.807, 2.05) is 6.92 Å². The van der Waals surface area contributed by atoms with Gasteiger partial charge in [0.05, 0.1) is 11.4 Å². The summed E-state index contributed by atoms with van der Waals surface area (Å²) >= 11 is 13.9. The number of fused-ring (bicyclic) bond motifs is 3. The standard InChI is InChI=1S/C26H23Cl2FN6O3S/c1-13-32-35-21-17(31-25(35)39-13)8-11-34(20(21)15-5-4-14(27)12-16(15)29)24(37)26(9-10-26)38-19-7-6-18(30-22(19)28)23(36)33(2)3/h4-7,12,20H,8-11H2,1-3H3. The molecular weight excluding hydrogens is 566 g/mol. The van der Waals surface area contributed by atoms with E-state index in [0.29, 0.717) is 42.0 Å². The summed E-state index contributed by atoms with van der Waals surface area (Å²) in [4.78, 5) is 39.0. The smallest absolute Gasteiger partial charge is 0.271 e. The quantitative estimate of drug-likeness (QED) is 0.313. The second-order valence-corrected chi connectivity index (χ2v) is 11.8. The molecule has 1 aromatic carbocycles. The first kappa shape index (κ1) is 26.0. The van der Waals surface area contributed by atoms with E-state index in [-0.39, 0.29) is 33.4 Å². The Morgan fingerprint density at radius 3 is 2.62 bits per heavy atom. The second kappa shape index (κ2) is 9.42. The maximum Gasteiger partial charge on any atom is 0.271 e. The predicted molar refractivity (Wildman–Crippen MR) is 144 cm³/mol. The van der Waals surface area contributed by atoms with Crippen LogP contribution in [0.5, 0.6) is 5.75 Å². The van der Waals surface area contributed by atoms with Crippen LogP contribution in [0.4, 0.5) is 4.39 Å². The van der Waals surface area contributed by atoms with Crippen LogP contribution in [0, 0.1) is 12.7 Å². The van der Waals surface area contributed by atoms with E-state index in [4.69, 9.17) is 32.9 Å². The molecule has 1 unspecified atom stereocenters. The molecule has 0 radical (unpaired) electrons. The number of ether oxygens (including phenoxy) is 1. The van der Waals surface area contributed by atoms with Crippen LogP contribution in [-0.2, 0) is 11.2 Å². The number of aryl methyl sites for hydroxylation is 1. The zero-order valence-corrected chi connectivity index (χ0v) is 23.6. The van der Waals surface area contributed by atoms with Crippen molar-refractivity contribution in [1.82, 2.24) is 29.4 Å². The number of carbonyl (C=O) groups excluding carboxylic acids is 2. The van der Waals surface area contributed by atoms with Gasteiger partial charge in [0, 0.05) is 50.5 Å². The van der Waals surface area contributed by atoms with Crippen LogP contribution in [0.1, 0.15) is 51.3 Å². The van der Waals surface area contributed by atoms with Crippen molar-refractivity contribution in [2.24, 2.45) is 0 Å². The van der Waals surface area contributed by atoms with Gasteiger partial charge in [-0.05, 0) is 31.2 Å². The van der Waals surface area contributed by atoms with Crippen LogP contribution in [0.15, 0.2) is 30.3 Å². The molecule has 2 aliphatic rings. The highest BCUT2D eigenvalue weighted by molar-refractivity contribution is 7.16.